The van der Waals surface area contributed by atoms with Crippen LogP contribution in [0, 0.1) is 11.3 Å². The summed E-state index contributed by atoms with van der Waals surface area (Å²) < 4.78 is 0. The van der Waals surface area contributed by atoms with Gasteiger partial charge in [-0.05, 0) is 13.0 Å². The summed E-state index contributed by atoms with van der Waals surface area (Å²) in [5.41, 5.74) is 0.442. The maximum absolute atomic E-state index is 11.7. The van der Waals surface area contributed by atoms with Crippen molar-refractivity contribution >= 4 is 5.91 Å². The van der Waals surface area contributed by atoms with Crippen molar-refractivity contribution in [2.75, 3.05) is 7.05 Å². The fourth-order valence-corrected chi connectivity index (χ4v) is 1.03. The van der Waals surface area contributed by atoms with E-state index in [9.17, 15) is 4.79 Å². The first-order valence-electron chi connectivity index (χ1n) is 4.30. The summed E-state index contributed by atoms with van der Waals surface area (Å²) in [4.78, 5) is 13.2. The van der Waals surface area contributed by atoms with E-state index in [1.807, 2.05) is 13.0 Å². The van der Waals surface area contributed by atoms with Crippen LogP contribution in [0.5, 0.6) is 0 Å². The van der Waals surface area contributed by atoms with Crippen molar-refractivity contribution in [1.82, 2.24) is 15.1 Å². The largest absolute Gasteiger partial charge is 0.337 e. The fraction of sp³-hybridized carbons (Fsp3) is 0.444. The molecular weight excluding hydrogens is 180 g/mol. The van der Waals surface area contributed by atoms with Crippen LogP contribution in [0.2, 0.25) is 0 Å². The quantitative estimate of drug-likeness (QED) is 0.769. The fourth-order valence-electron chi connectivity index (χ4n) is 1.03. The monoisotopic (exact) mass is 192 g/mol. The van der Waals surface area contributed by atoms with E-state index in [4.69, 9.17) is 5.26 Å². The molecule has 0 aromatic carbocycles. The van der Waals surface area contributed by atoms with Crippen LogP contribution >= 0.6 is 0 Å². The highest BCUT2D eigenvalue weighted by atomic mass is 16.2. The number of nitrogens with zero attached hydrogens (tertiary/aromatic N) is 3. The number of nitrogens with one attached hydrogen (secondary N) is 1. The van der Waals surface area contributed by atoms with Gasteiger partial charge >= 0.3 is 0 Å². The minimum Gasteiger partial charge on any atom is -0.337 e. The Balaban J connectivity index is 2.67. The van der Waals surface area contributed by atoms with Gasteiger partial charge < -0.3 is 4.90 Å². The molecule has 0 saturated heterocycles. The van der Waals surface area contributed by atoms with Gasteiger partial charge in [-0.25, -0.2) is 0 Å². The van der Waals surface area contributed by atoms with Gasteiger partial charge in [0.2, 0.25) is 0 Å². The average Bonchev–Trinajstić information content (AvgIpc) is 2.68. The Hall–Kier alpha value is -1.83. The number of aromatic amines is 1. The number of hydrogen-bond donors (Lipinski definition) is 1. The van der Waals surface area contributed by atoms with Gasteiger partial charge in [0, 0.05) is 19.3 Å². The average molecular weight is 192 g/mol. The van der Waals surface area contributed by atoms with Crippen LogP contribution in [0.3, 0.4) is 0 Å². The zero-order valence-corrected chi connectivity index (χ0v) is 8.19. The van der Waals surface area contributed by atoms with Crippen LogP contribution in [0.25, 0.3) is 0 Å². The van der Waals surface area contributed by atoms with Gasteiger partial charge in [0.05, 0.1) is 12.5 Å². The van der Waals surface area contributed by atoms with Crippen molar-refractivity contribution in [2.45, 2.75) is 19.4 Å². The molecule has 14 heavy (non-hydrogen) atoms. The molecule has 1 N–H and O–H groups in total. The molecular formula is C9H12N4O. The molecule has 5 heteroatoms. The molecule has 5 nitrogen and oxygen atoms in total. The molecule has 0 radical (unpaired) electrons. The lowest BCUT2D eigenvalue weighted by atomic mass is 10.2. The second-order valence-electron chi connectivity index (χ2n) is 3.10. The van der Waals surface area contributed by atoms with Crippen LogP contribution in [0.1, 0.15) is 23.8 Å². The summed E-state index contributed by atoms with van der Waals surface area (Å²) >= 11 is 0. The van der Waals surface area contributed by atoms with Crippen molar-refractivity contribution in [1.29, 1.82) is 5.26 Å². The molecule has 74 valence electrons. The standard InChI is InChI=1S/C9H12N4O/c1-7(3-5-10)13(2)9(14)8-4-6-11-12-8/h4,6-7H,3H2,1-2H3,(H,11,12). The van der Waals surface area contributed by atoms with E-state index >= 15 is 0 Å². The lowest BCUT2D eigenvalue weighted by Gasteiger charge is -2.21. The van der Waals surface area contributed by atoms with E-state index in [0.717, 1.165) is 0 Å². The Morgan fingerprint density at radius 3 is 3.07 bits per heavy atom. The Kier molecular flexibility index (Phi) is 3.24. The lowest BCUT2D eigenvalue weighted by molar-refractivity contribution is 0.0740. The topological polar surface area (TPSA) is 72.8 Å². The number of H-pyrrole nitrogens is 1. The Morgan fingerprint density at radius 1 is 1.86 bits per heavy atom. The summed E-state index contributed by atoms with van der Waals surface area (Å²) in [6.07, 6.45) is 1.85. The molecule has 1 aromatic rings. The molecule has 0 fully saturated rings. The van der Waals surface area contributed by atoms with Crippen molar-refractivity contribution < 1.29 is 4.79 Å². The van der Waals surface area contributed by atoms with E-state index in [1.165, 1.54) is 11.1 Å². The van der Waals surface area contributed by atoms with Gasteiger partial charge in [0.1, 0.15) is 5.69 Å². The van der Waals surface area contributed by atoms with E-state index in [2.05, 4.69) is 10.2 Å². The molecule has 1 atom stereocenters. The Bertz CT molecular complexity index is 338. The number of hydrogen-bond acceptors (Lipinski definition) is 3. The lowest BCUT2D eigenvalue weighted by Crippen LogP contribution is -2.35. The Labute approximate surface area is 82.3 Å². The van der Waals surface area contributed by atoms with Crippen molar-refractivity contribution in [3.63, 3.8) is 0 Å². The number of rotatable bonds is 3. The summed E-state index contributed by atoms with van der Waals surface area (Å²) in [5.74, 6) is -0.148. The third-order valence-electron chi connectivity index (χ3n) is 2.10. The maximum atomic E-state index is 11.7. The number of amides is 1. The highest BCUT2D eigenvalue weighted by Gasteiger charge is 2.17. The summed E-state index contributed by atoms with van der Waals surface area (Å²) in [6.45, 7) is 1.83. The van der Waals surface area contributed by atoms with Gasteiger partial charge in [-0.3, -0.25) is 9.89 Å². The smallest absolute Gasteiger partial charge is 0.271 e. The second-order valence-corrected chi connectivity index (χ2v) is 3.10. The van der Waals surface area contributed by atoms with Gasteiger partial charge in [-0.15, -0.1) is 0 Å². The summed E-state index contributed by atoms with van der Waals surface area (Å²) in [6, 6.07) is 3.55. The number of carbonyl (C=O) groups excluding carboxylic acids is 1. The molecule has 1 unspecified atom stereocenters. The van der Waals surface area contributed by atoms with Gasteiger partial charge in [0.15, 0.2) is 0 Å². The van der Waals surface area contributed by atoms with Gasteiger partial charge in [0.25, 0.3) is 5.91 Å². The minimum atomic E-state index is -0.148. The van der Waals surface area contributed by atoms with Crippen LogP contribution in [-0.2, 0) is 0 Å². The van der Waals surface area contributed by atoms with Crippen molar-refractivity contribution in [3.8, 4) is 6.07 Å². The van der Waals surface area contributed by atoms with Crippen LogP contribution < -0.4 is 0 Å². The van der Waals surface area contributed by atoms with E-state index in [1.54, 1.807) is 13.1 Å². The highest BCUT2D eigenvalue weighted by Crippen LogP contribution is 2.05. The zero-order valence-electron chi connectivity index (χ0n) is 8.19. The zero-order chi connectivity index (χ0) is 10.6. The van der Waals surface area contributed by atoms with Gasteiger partial charge in [-0.1, -0.05) is 0 Å². The van der Waals surface area contributed by atoms with Crippen LogP contribution in [-0.4, -0.2) is 34.1 Å². The van der Waals surface area contributed by atoms with Crippen LogP contribution in [0.4, 0.5) is 0 Å². The van der Waals surface area contributed by atoms with E-state index in [-0.39, 0.29) is 11.9 Å². The Morgan fingerprint density at radius 2 is 2.57 bits per heavy atom. The van der Waals surface area contributed by atoms with E-state index in [0.29, 0.717) is 12.1 Å². The molecule has 1 amide bonds. The molecule has 1 aromatic heterocycles. The van der Waals surface area contributed by atoms with Crippen LogP contribution in [0.15, 0.2) is 12.3 Å². The summed E-state index contributed by atoms with van der Waals surface area (Å²) in [5, 5.41) is 14.8. The predicted octanol–water partition coefficient (Wildman–Crippen LogP) is 0.784. The molecule has 0 saturated carbocycles. The molecule has 0 aliphatic heterocycles. The number of nitriles is 1. The first-order chi connectivity index (χ1) is 6.66. The van der Waals surface area contributed by atoms with E-state index < -0.39 is 0 Å². The van der Waals surface area contributed by atoms with Crippen molar-refractivity contribution in [3.05, 3.63) is 18.0 Å². The second kappa shape index (κ2) is 4.42. The third-order valence-corrected chi connectivity index (χ3v) is 2.10. The molecule has 1 rings (SSSR count). The number of carbonyl (C=O) groups is 1. The molecule has 0 spiro atoms. The SMILES string of the molecule is CC(CC#N)N(C)C(=O)c1ccn[nH]1. The maximum Gasteiger partial charge on any atom is 0.271 e. The normalized spacial score (nSPS) is 11.8. The minimum absolute atomic E-state index is 0.0872. The first kappa shape index (κ1) is 10.3. The molecule has 0 bridgehead atoms. The predicted molar refractivity (Wildman–Crippen MR) is 50.4 cm³/mol. The third kappa shape index (κ3) is 2.10. The molecule has 1 heterocycles. The summed E-state index contributed by atoms with van der Waals surface area (Å²) in [7, 11) is 1.67. The van der Waals surface area contributed by atoms with Gasteiger partial charge in [-0.2, -0.15) is 10.4 Å². The first-order valence-corrected chi connectivity index (χ1v) is 4.30. The molecule has 0 aliphatic rings. The van der Waals surface area contributed by atoms with Crippen molar-refractivity contribution in [2.24, 2.45) is 0 Å². The highest BCUT2D eigenvalue weighted by molar-refractivity contribution is 5.92. The molecule has 0 aliphatic carbocycles. The number of aromatic nitrogens is 2.